The molecule has 3 aromatic heterocycles. The molecule has 0 spiro atoms. The summed E-state index contributed by atoms with van der Waals surface area (Å²) in [6.45, 7) is 4.34. The fourth-order valence-corrected chi connectivity index (χ4v) is 3.63. The van der Waals surface area contributed by atoms with Crippen molar-refractivity contribution in [1.29, 1.82) is 0 Å². The number of carbonyl (C=O) groups is 1. The molecule has 1 N–H and O–H groups in total. The van der Waals surface area contributed by atoms with E-state index in [2.05, 4.69) is 27.2 Å². The number of nitrogens with zero attached hydrogens (tertiary/aromatic N) is 4. The van der Waals surface area contributed by atoms with Gasteiger partial charge >= 0.3 is 0 Å². The zero-order valence-corrected chi connectivity index (χ0v) is 13.8. The van der Waals surface area contributed by atoms with Gasteiger partial charge in [0.05, 0.1) is 11.7 Å². The molecule has 6 nitrogen and oxygen atoms in total. The van der Waals surface area contributed by atoms with Crippen molar-refractivity contribution in [3.05, 3.63) is 48.4 Å². The van der Waals surface area contributed by atoms with E-state index in [4.69, 9.17) is 0 Å². The maximum absolute atomic E-state index is 12.7. The average Bonchev–Trinajstić information content (AvgIpc) is 3.28. The number of aryl methyl sites for hydroxylation is 1. The van der Waals surface area contributed by atoms with Gasteiger partial charge in [-0.1, -0.05) is 0 Å². The van der Waals surface area contributed by atoms with Crippen LogP contribution < -0.4 is 0 Å². The van der Waals surface area contributed by atoms with Crippen LogP contribution in [-0.2, 0) is 6.54 Å². The van der Waals surface area contributed by atoms with Crippen LogP contribution in [0.15, 0.2) is 37.1 Å². The minimum Gasteiger partial charge on any atom is -0.360 e. The van der Waals surface area contributed by atoms with Crippen molar-refractivity contribution in [2.24, 2.45) is 0 Å². The first-order valence-electron chi connectivity index (χ1n) is 8.49. The van der Waals surface area contributed by atoms with Gasteiger partial charge in [0.2, 0.25) is 0 Å². The van der Waals surface area contributed by atoms with Crippen LogP contribution in [0.25, 0.3) is 10.9 Å². The smallest absolute Gasteiger partial charge is 0.289 e. The second-order valence-electron chi connectivity index (χ2n) is 6.27. The van der Waals surface area contributed by atoms with Gasteiger partial charge in [-0.25, -0.2) is 4.98 Å². The van der Waals surface area contributed by atoms with E-state index in [1.165, 1.54) is 10.9 Å². The molecular formula is C18H21N5O. The number of nitrogens with one attached hydrogen (secondary N) is 1. The molecule has 1 aliphatic rings. The summed E-state index contributed by atoms with van der Waals surface area (Å²) >= 11 is 0. The third kappa shape index (κ3) is 2.48. The fraction of sp³-hybridized carbons (Fsp3) is 0.389. The van der Waals surface area contributed by atoms with Crippen LogP contribution >= 0.6 is 0 Å². The summed E-state index contributed by atoms with van der Waals surface area (Å²) < 4.78 is 1.90. The van der Waals surface area contributed by atoms with E-state index in [9.17, 15) is 4.79 Å². The highest BCUT2D eigenvalue weighted by Crippen LogP contribution is 2.33. The van der Waals surface area contributed by atoms with Gasteiger partial charge in [-0.3, -0.25) is 9.78 Å². The normalized spacial score (nSPS) is 16.0. The Hall–Kier alpha value is -2.63. The van der Waals surface area contributed by atoms with Crippen molar-refractivity contribution in [2.75, 3.05) is 13.1 Å². The van der Waals surface area contributed by atoms with Crippen LogP contribution in [0.5, 0.6) is 0 Å². The van der Waals surface area contributed by atoms with Crippen LogP contribution in [0.3, 0.4) is 0 Å². The number of pyridine rings is 1. The quantitative estimate of drug-likeness (QED) is 0.806. The van der Waals surface area contributed by atoms with Crippen molar-refractivity contribution < 1.29 is 4.79 Å². The summed E-state index contributed by atoms with van der Waals surface area (Å²) in [5.41, 5.74) is 2.42. The summed E-state index contributed by atoms with van der Waals surface area (Å²) in [5.74, 6) is 1.08. The standard InChI is InChI=1S/C18H21N5O/c1-2-22-10-7-20-17(22)18(24)23-8-4-13(5-9-23)15-11-21-16-12-19-6-3-14(15)16/h3,6-7,10-13,21H,2,4-5,8-9H2,1H3. The van der Waals surface area contributed by atoms with Gasteiger partial charge in [0, 0.05) is 49.8 Å². The number of aromatic nitrogens is 4. The molecule has 0 bridgehead atoms. The van der Waals surface area contributed by atoms with Crippen molar-refractivity contribution in [2.45, 2.75) is 32.2 Å². The Balaban J connectivity index is 1.48. The molecule has 24 heavy (non-hydrogen) atoms. The first kappa shape index (κ1) is 14.9. The zero-order chi connectivity index (χ0) is 16.5. The predicted octanol–water partition coefficient (Wildman–Crippen LogP) is 2.80. The molecule has 1 amide bonds. The molecule has 0 radical (unpaired) electrons. The Morgan fingerprint density at radius 3 is 2.96 bits per heavy atom. The second kappa shape index (κ2) is 6.11. The molecule has 1 fully saturated rings. The Morgan fingerprint density at radius 2 is 2.17 bits per heavy atom. The third-order valence-electron chi connectivity index (χ3n) is 4.98. The monoisotopic (exact) mass is 323 g/mol. The van der Waals surface area contributed by atoms with Gasteiger partial charge < -0.3 is 14.5 Å². The predicted molar refractivity (Wildman–Crippen MR) is 91.9 cm³/mol. The maximum Gasteiger partial charge on any atom is 0.289 e. The SMILES string of the molecule is CCn1ccnc1C(=O)N1CCC(c2c[nH]c3cnccc23)CC1. The molecule has 0 aromatic carbocycles. The number of likely N-dealkylation sites (tertiary alicyclic amines) is 1. The van der Waals surface area contributed by atoms with E-state index < -0.39 is 0 Å². The topological polar surface area (TPSA) is 66.8 Å². The summed E-state index contributed by atoms with van der Waals surface area (Å²) in [5, 5.41) is 1.25. The van der Waals surface area contributed by atoms with Gasteiger partial charge in [0.25, 0.3) is 5.91 Å². The highest BCUT2D eigenvalue weighted by atomic mass is 16.2. The summed E-state index contributed by atoms with van der Waals surface area (Å²) in [7, 11) is 0. The number of piperidine rings is 1. The van der Waals surface area contributed by atoms with E-state index in [-0.39, 0.29) is 5.91 Å². The zero-order valence-electron chi connectivity index (χ0n) is 13.8. The Bertz CT molecular complexity index is 857. The fourth-order valence-electron chi connectivity index (χ4n) is 3.63. The van der Waals surface area contributed by atoms with E-state index >= 15 is 0 Å². The Morgan fingerprint density at radius 1 is 1.33 bits per heavy atom. The number of H-pyrrole nitrogens is 1. The lowest BCUT2D eigenvalue weighted by Crippen LogP contribution is -2.39. The van der Waals surface area contributed by atoms with Crippen LogP contribution in [0.2, 0.25) is 0 Å². The molecule has 1 saturated heterocycles. The molecule has 0 atom stereocenters. The van der Waals surface area contributed by atoms with Gasteiger partial charge in [0.15, 0.2) is 5.82 Å². The molecule has 0 aliphatic carbocycles. The molecule has 1 aliphatic heterocycles. The first-order chi connectivity index (χ1) is 11.8. The molecule has 3 aromatic rings. The Labute approximate surface area is 140 Å². The van der Waals surface area contributed by atoms with Crippen LogP contribution in [0, 0.1) is 0 Å². The number of amides is 1. The van der Waals surface area contributed by atoms with E-state index in [0.717, 1.165) is 38.0 Å². The lowest BCUT2D eigenvalue weighted by Gasteiger charge is -2.31. The Kier molecular flexibility index (Phi) is 3.80. The number of aromatic amines is 1. The number of rotatable bonds is 3. The van der Waals surface area contributed by atoms with E-state index in [1.54, 1.807) is 6.20 Å². The molecule has 0 saturated carbocycles. The highest BCUT2D eigenvalue weighted by Gasteiger charge is 2.27. The van der Waals surface area contributed by atoms with Gasteiger partial charge in [-0.15, -0.1) is 0 Å². The van der Waals surface area contributed by atoms with E-state index in [0.29, 0.717) is 11.7 Å². The summed E-state index contributed by atoms with van der Waals surface area (Å²) in [4.78, 5) is 26.3. The lowest BCUT2D eigenvalue weighted by molar-refractivity contribution is 0.0696. The second-order valence-corrected chi connectivity index (χ2v) is 6.27. The number of imidazole rings is 1. The minimum absolute atomic E-state index is 0.0448. The number of fused-ring (bicyclic) bond motifs is 1. The molecular weight excluding hydrogens is 302 g/mol. The maximum atomic E-state index is 12.7. The minimum atomic E-state index is 0.0448. The first-order valence-corrected chi connectivity index (χ1v) is 8.49. The van der Waals surface area contributed by atoms with Crippen LogP contribution in [-0.4, -0.2) is 43.4 Å². The summed E-state index contributed by atoms with van der Waals surface area (Å²) in [6.07, 6.45) is 11.3. The molecule has 4 heterocycles. The average molecular weight is 323 g/mol. The molecule has 0 unspecified atom stereocenters. The number of hydrogen-bond acceptors (Lipinski definition) is 3. The third-order valence-corrected chi connectivity index (χ3v) is 4.98. The van der Waals surface area contributed by atoms with Crippen molar-refractivity contribution >= 4 is 16.8 Å². The number of hydrogen-bond donors (Lipinski definition) is 1. The summed E-state index contributed by atoms with van der Waals surface area (Å²) in [6, 6.07) is 2.07. The molecule has 6 heteroatoms. The van der Waals surface area contributed by atoms with Gasteiger partial charge in [-0.2, -0.15) is 0 Å². The van der Waals surface area contributed by atoms with Crippen molar-refractivity contribution in [1.82, 2.24) is 24.4 Å². The molecule has 4 rings (SSSR count). The van der Waals surface area contributed by atoms with E-state index in [1.807, 2.05) is 35.0 Å². The van der Waals surface area contributed by atoms with Gasteiger partial charge in [0.1, 0.15) is 0 Å². The molecule has 124 valence electrons. The highest BCUT2D eigenvalue weighted by molar-refractivity contribution is 5.91. The largest absolute Gasteiger partial charge is 0.360 e. The van der Waals surface area contributed by atoms with Crippen molar-refractivity contribution in [3.63, 3.8) is 0 Å². The van der Waals surface area contributed by atoms with Crippen LogP contribution in [0.4, 0.5) is 0 Å². The van der Waals surface area contributed by atoms with Crippen molar-refractivity contribution in [3.8, 4) is 0 Å². The van der Waals surface area contributed by atoms with Gasteiger partial charge in [-0.05, 0) is 37.3 Å². The number of carbonyl (C=O) groups excluding carboxylic acids is 1. The lowest BCUT2D eigenvalue weighted by atomic mass is 9.89. The van der Waals surface area contributed by atoms with Crippen LogP contribution in [0.1, 0.15) is 41.9 Å².